The van der Waals surface area contributed by atoms with Crippen LogP contribution >= 0.6 is 0 Å². The second-order valence-corrected chi connectivity index (χ2v) is 8.53. The quantitative estimate of drug-likeness (QED) is 0.788. The Morgan fingerprint density at radius 3 is 2.63 bits per heavy atom. The molecule has 1 aliphatic rings. The molecule has 0 spiro atoms. The number of hydrogen-bond acceptors (Lipinski definition) is 5. The minimum absolute atomic E-state index is 0.119. The first-order valence-electron chi connectivity index (χ1n) is 9.43. The van der Waals surface area contributed by atoms with Crippen molar-refractivity contribution in [3.8, 4) is 0 Å². The molecule has 8 heteroatoms. The molecular formula is C19H27N5O2S. The van der Waals surface area contributed by atoms with Crippen molar-refractivity contribution in [2.75, 3.05) is 31.5 Å². The number of rotatable bonds is 7. The number of anilines is 2. The van der Waals surface area contributed by atoms with Crippen LogP contribution in [0.3, 0.4) is 0 Å². The van der Waals surface area contributed by atoms with E-state index in [1.165, 1.54) is 4.31 Å². The van der Waals surface area contributed by atoms with E-state index >= 15 is 0 Å². The van der Waals surface area contributed by atoms with Gasteiger partial charge in [0.1, 0.15) is 5.82 Å². The summed E-state index contributed by atoms with van der Waals surface area (Å²) in [5.74, 6) is 0.884. The summed E-state index contributed by atoms with van der Waals surface area (Å²) in [5.41, 5.74) is 1.79. The molecule has 0 saturated carbocycles. The number of nitrogens with zero attached hydrogens (tertiary/aromatic N) is 4. The van der Waals surface area contributed by atoms with Gasteiger partial charge >= 0.3 is 0 Å². The van der Waals surface area contributed by atoms with Crippen LogP contribution in [0.25, 0.3) is 0 Å². The van der Waals surface area contributed by atoms with E-state index in [1.807, 2.05) is 44.2 Å². The molecule has 1 N–H and O–H groups in total. The monoisotopic (exact) mass is 389 g/mol. The van der Waals surface area contributed by atoms with E-state index in [-0.39, 0.29) is 5.92 Å². The van der Waals surface area contributed by atoms with Crippen LogP contribution in [0.1, 0.15) is 38.3 Å². The summed E-state index contributed by atoms with van der Waals surface area (Å²) in [6.45, 7) is 5.79. The lowest BCUT2D eigenvalue weighted by atomic mass is 9.95. The lowest BCUT2D eigenvalue weighted by Crippen LogP contribution is -2.47. The molecule has 3 rings (SSSR count). The Bertz CT molecular complexity index is 823. The summed E-state index contributed by atoms with van der Waals surface area (Å²) in [6, 6.07) is 9.63. The third-order valence-corrected chi connectivity index (χ3v) is 7.04. The third-order valence-electron chi connectivity index (χ3n) is 4.88. The van der Waals surface area contributed by atoms with Crippen molar-refractivity contribution in [3.63, 3.8) is 0 Å². The van der Waals surface area contributed by atoms with Crippen LogP contribution in [0, 0.1) is 0 Å². The molecule has 27 heavy (non-hydrogen) atoms. The molecule has 1 aliphatic heterocycles. The highest BCUT2D eigenvalue weighted by atomic mass is 32.2. The molecule has 7 nitrogen and oxygen atoms in total. The molecule has 0 bridgehead atoms. The van der Waals surface area contributed by atoms with E-state index in [4.69, 9.17) is 0 Å². The second kappa shape index (κ2) is 8.77. The zero-order chi connectivity index (χ0) is 19.3. The highest BCUT2D eigenvalue weighted by Crippen LogP contribution is 2.28. The van der Waals surface area contributed by atoms with Gasteiger partial charge < -0.3 is 5.32 Å². The van der Waals surface area contributed by atoms with Gasteiger partial charge in [-0.2, -0.15) is 17.0 Å². The van der Waals surface area contributed by atoms with Gasteiger partial charge in [0, 0.05) is 44.0 Å². The first-order valence-corrected chi connectivity index (χ1v) is 10.8. The minimum Gasteiger partial charge on any atom is -0.339 e. The topological polar surface area (TPSA) is 78.4 Å². The first kappa shape index (κ1) is 19.7. The van der Waals surface area contributed by atoms with Crippen LogP contribution in [0.4, 0.5) is 11.5 Å². The van der Waals surface area contributed by atoms with Gasteiger partial charge in [0.25, 0.3) is 10.2 Å². The first-order chi connectivity index (χ1) is 13.0. The zero-order valence-corrected chi connectivity index (χ0v) is 16.7. The molecule has 2 aromatic heterocycles. The Hall–Kier alpha value is -2.03. The molecule has 2 aromatic rings. The lowest BCUT2D eigenvalue weighted by Gasteiger charge is -2.34. The average Bonchev–Trinajstić information content (AvgIpc) is 2.70. The molecule has 0 aliphatic carbocycles. The lowest BCUT2D eigenvalue weighted by molar-refractivity contribution is 0.285. The van der Waals surface area contributed by atoms with E-state index in [1.54, 1.807) is 16.7 Å². The summed E-state index contributed by atoms with van der Waals surface area (Å²) in [5, 5.41) is 3.21. The highest BCUT2D eigenvalue weighted by molar-refractivity contribution is 7.86. The fourth-order valence-electron chi connectivity index (χ4n) is 3.41. The van der Waals surface area contributed by atoms with E-state index in [9.17, 15) is 8.42 Å². The van der Waals surface area contributed by atoms with Crippen molar-refractivity contribution >= 4 is 21.7 Å². The molecule has 0 amide bonds. The van der Waals surface area contributed by atoms with Crippen molar-refractivity contribution in [2.24, 2.45) is 0 Å². The summed E-state index contributed by atoms with van der Waals surface area (Å²) < 4.78 is 28.7. The van der Waals surface area contributed by atoms with Crippen molar-refractivity contribution in [3.05, 3.63) is 48.4 Å². The van der Waals surface area contributed by atoms with Crippen molar-refractivity contribution in [1.29, 1.82) is 0 Å². The predicted molar refractivity (Wildman–Crippen MR) is 107 cm³/mol. The van der Waals surface area contributed by atoms with E-state index < -0.39 is 10.2 Å². The van der Waals surface area contributed by atoms with Gasteiger partial charge in [-0.05, 0) is 37.1 Å². The zero-order valence-electron chi connectivity index (χ0n) is 15.9. The summed E-state index contributed by atoms with van der Waals surface area (Å²) in [7, 11) is -3.40. The van der Waals surface area contributed by atoms with Gasteiger partial charge in [0.05, 0.1) is 11.9 Å². The minimum atomic E-state index is -3.40. The highest BCUT2D eigenvalue weighted by Gasteiger charge is 2.33. The van der Waals surface area contributed by atoms with Crippen molar-refractivity contribution in [1.82, 2.24) is 18.6 Å². The largest absolute Gasteiger partial charge is 0.339 e. The van der Waals surface area contributed by atoms with Gasteiger partial charge in [-0.3, -0.25) is 4.98 Å². The van der Waals surface area contributed by atoms with Crippen LogP contribution < -0.4 is 5.32 Å². The summed E-state index contributed by atoms with van der Waals surface area (Å²) >= 11 is 0. The second-order valence-electron chi connectivity index (χ2n) is 6.60. The van der Waals surface area contributed by atoms with Crippen LogP contribution in [0.5, 0.6) is 0 Å². The number of nitrogens with one attached hydrogen (secondary N) is 1. The van der Waals surface area contributed by atoms with Crippen LogP contribution in [-0.4, -0.2) is 53.2 Å². The average molecular weight is 390 g/mol. The number of piperidine rings is 1. The molecule has 0 aromatic carbocycles. The Labute approximate surface area is 161 Å². The maximum absolute atomic E-state index is 12.8. The molecule has 1 fully saturated rings. The Morgan fingerprint density at radius 1 is 1.19 bits per heavy atom. The van der Waals surface area contributed by atoms with Gasteiger partial charge in [-0.1, -0.05) is 19.9 Å². The standard InChI is InChI=1S/C19H27N5O2S/c1-3-23(4-2)27(25,26)24-13-7-8-16(15-24)18-11-10-17(14-21-18)22-19-9-5-6-12-20-19/h5-6,9-12,14,16H,3-4,7-8,13,15H2,1-2H3,(H,20,22). The molecular weight excluding hydrogens is 362 g/mol. The number of hydrogen-bond donors (Lipinski definition) is 1. The predicted octanol–water partition coefficient (Wildman–Crippen LogP) is 2.99. The normalized spacial score (nSPS) is 18.6. The van der Waals surface area contributed by atoms with Gasteiger partial charge in [0.15, 0.2) is 0 Å². The molecule has 1 saturated heterocycles. The number of pyridine rings is 2. The molecule has 3 heterocycles. The van der Waals surface area contributed by atoms with Gasteiger partial charge in [0.2, 0.25) is 0 Å². The Morgan fingerprint density at radius 2 is 2.00 bits per heavy atom. The molecule has 1 atom stereocenters. The van der Waals surface area contributed by atoms with Gasteiger partial charge in [-0.15, -0.1) is 0 Å². The van der Waals surface area contributed by atoms with E-state index in [0.717, 1.165) is 30.0 Å². The van der Waals surface area contributed by atoms with Crippen molar-refractivity contribution in [2.45, 2.75) is 32.6 Å². The van der Waals surface area contributed by atoms with Crippen LogP contribution in [-0.2, 0) is 10.2 Å². The summed E-state index contributed by atoms with van der Waals surface area (Å²) in [4.78, 5) is 8.81. The molecule has 1 unspecified atom stereocenters. The van der Waals surface area contributed by atoms with Crippen molar-refractivity contribution < 1.29 is 8.42 Å². The summed E-state index contributed by atoms with van der Waals surface area (Å²) in [6.07, 6.45) is 5.31. The van der Waals surface area contributed by atoms with Crippen LogP contribution in [0.2, 0.25) is 0 Å². The van der Waals surface area contributed by atoms with E-state index in [0.29, 0.717) is 26.2 Å². The fourth-order valence-corrected chi connectivity index (χ4v) is 5.12. The maximum Gasteiger partial charge on any atom is 0.281 e. The third kappa shape index (κ3) is 4.63. The fraction of sp³-hybridized carbons (Fsp3) is 0.474. The van der Waals surface area contributed by atoms with E-state index in [2.05, 4.69) is 15.3 Å². The number of aromatic nitrogens is 2. The smallest absolute Gasteiger partial charge is 0.281 e. The molecule has 0 radical (unpaired) electrons. The van der Waals surface area contributed by atoms with Crippen LogP contribution in [0.15, 0.2) is 42.7 Å². The SMILES string of the molecule is CCN(CC)S(=O)(=O)N1CCCC(c2ccc(Nc3ccccn3)cn2)C1. The maximum atomic E-state index is 12.8. The molecule has 146 valence electrons. The van der Waals surface area contributed by atoms with Gasteiger partial charge in [-0.25, -0.2) is 4.98 Å². The Balaban J connectivity index is 1.69. The Kier molecular flexibility index (Phi) is 6.41.